The zero-order valence-electron chi connectivity index (χ0n) is 25.8. The number of nitrogens with two attached hydrogens (primary N) is 2. The topological polar surface area (TPSA) is 182 Å². The first kappa shape index (κ1) is 34.5. The zero-order valence-corrected chi connectivity index (χ0v) is 25.8. The van der Waals surface area contributed by atoms with Gasteiger partial charge in [0.1, 0.15) is 29.8 Å². The number of carbonyl (C=O) groups excluding carboxylic acids is 1. The number of hydrogen-bond acceptors (Lipinski definition) is 10. The molecule has 3 aromatic rings. The maximum atomic E-state index is 12.9. The van der Waals surface area contributed by atoms with Crippen LogP contribution in [0.5, 0.6) is 5.75 Å². The maximum Gasteiger partial charge on any atom is 0.313 e. The van der Waals surface area contributed by atoms with Gasteiger partial charge < -0.3 is 45.8 Å². The van der Waals surface area contributed by atoms with Crippen LogP contribution in [0.1, 0.15) is 60.3 Å². The van der Waals surface area contributed by atoms with E-state index in [4.69, 9.17) is 25.4 Å². The molecular formula is C33H48N2O8. The number of ether oxygens (including phenoxy) is 2. The number of rotatable bonds is 16. The molecule has 1 aromatic heterocycles. The first-order valence-electron chi connectivity index (χ1n) is 14.7. The summed E-state index contributed by atoms with van der Waals surface area (Å²) < 4.78 is 17.1. The number of hydrogen-bond donors (Lipinski definition) is 6. The highest BCUT2D eigenvalue weighted by atomic mass is 16.5. The Balaban J connectivity index is 1.43. The van der Waals surface area contributed by atoms with Crippen molar-refractivity contribution in [2.75, 3.05) is 13.2 Å². The molecule has 10 nitrogen and oxygen atoms in total. The number of benzene rings is 2. The third-order valence-corrected chi connectivity index (χ3v) is 7.90. The predicted molar refractivity (Wildman–Crippen MR) is 165 cm³/mol. The summed E-state index contributed by atoms with van der Waals surface area (Å²) in [6, 6.07) is 16.9. The Bertz CT molecular complexity index is 1310. The molecule has 5 atom stereocenters. The summed E-state index contributed by atoms with van der Waals surface area (Å²) in [6.45, 7) is 8.67. The molecule has 238 valence electrons. The summed E-state index contributed by atoms with van der Waals surface area (Å²) in [5.74, 6) is 0.699. The number of aliphatic hydroxyl groups excluding tert-OH is 4. The van der Waals surface area contributed by atoms with Gasteiger partial charge in [0.15, 0.2) is 0 Å². The van der Waals surface area contributed by atoms with Gasteiger partial charge in [-0.2, -0.15) is 0 Å². The zero-order chi connectivity index (χ0) is 32.0. The Hall–Kier alpha value is -2.99. The highest BCUT2D eigenvalue weighted by molar-refractivity contribution is 5.84. The lowest BCUT2D eigenvalue weighted by molar-refractivity contribution is -0.160. The lowest BCUT2D eigenvalue weighted by atomic mass is 9.67. The quantitative estimate of drug-likeness (QED) is 0.105. The van der Waals surface area contributed by atoms with Gasteiger partial charge in [-0.25, -0.2) is 0 Å². The average Bonchev–Trinajstić information content (AvgIpc) is 3.36. The molecule has 0 spiro atoms. The largest absolute Gasteiger partial charge is 0.491 e. The van der Waals surface area contributed by atoms with E-state index in [0.29, 0.717) is 17.8 Å². The van der Waals surface area contributed by atoms with Crippen LogP contribution in [0.15, 0.2) is 59.0 Å². The highest BCUT2D eigenvalue weighted by Crippen LogP contribution is 2.38. The highest BCUT2D eigenvalue weighted by Gasteiger charge is 2.48. The van der Waals surface area contributed by atoms with Gasteiger partial charge in [0.05, 0.1) is 30.3 Å². The van der Waals surface area contributed by atoms with Gasteiger partial charge in [0.2, 0.25) is 0 Å². The van der Waals surface area contributed by atoms with Crippen molar-refractivity contribution in [2.45, 2.75) is 95.8 Å². The molecule has 10 heteroatoms. The fourth-order valence-electron chi connectivity index (χ4n) is 4.98. The molecule has 0 aliphatic rings. The summed E-state index contributed by atoms with van der Waals surface area (Å²) in [4.78, 5) is 12.9. The summed E-state index contributed by atoms with van der Waals surface area (Å²) in [7, 11) is 0. The Morgan fingerprint density at radius 3 is 2.16 bits per heavy atom. The van der Waals surface area contributed by atoms with Crippen LogP contribution in [0.25, 0.3) is 22.3 Å². The molecule has 1 heterocycles. The van der Waals surface area contributed by atoms with Crippen LogP contribution in [-0.2, 0) is 9.53 Å². The Morgan fingerprint density at radius 2 is 1.53 bits per heavy atom. The van der Waals surface area contributed by atoms with Gasteiger partial charge in [0.25, 0.3) is 0 Å². The Morgan fingerprint density at radius 1 is 0.884 bits per heavy atom. The van der Waals surface area contributed by atoms with Crippen molar-refractivity contribution in [3.05, 3.63) is 54.6 Å². The van der Waals surface area contributed by atoms with Crippen LogP contribution in [-0.4, -0.2) is 75.1 Å². The second-order valence-corrected chi connectivity index (χ2v) is 13.0. The van der Waals surface area contributed by atoms with E-state index in [9.17, 15) is 25.2 Å². The third kappa shape index (κ3) is 9.50. The van der Waals surface area contributed by atoms with Crippen molar-refractivity contribution in [1.82, 2.24) is 0 Å². The van der Waals surface area contributed by atoms with Crippen LogP contribution in [0.4, 0.5) is 0 Å². The van der Waals surface area contributed by atoms with E-state index in [2.05, 4.69) is 0 Å². The first-order chi connectivity index (χ1) is 20.0. The van der Waals surface area contributed by atoms with Gasteiger partial charge in [0, 0.05) is 34.5 Å². The lowest BCUT2D eigenvalue weighted by Crippen LogP contribution is -2.58. The van der Waals surface area contributed by atoms with Crippen molar-refractivity contribution in [3.8, 4) is 17.1 Å². The van der Waals surface area contributed by atoms with Crippen molar-refractivity contribution in [3.63, 3.8) is 0 Å². The summed E-state index contributed by atoms with van der Waals surface area (Å²) in [5.41, 5.74) is 11.5. The summed E-state index contributed by atoms with van der Waals surface area (Å²) in [5, 5.41) is 42.5. The molecule has 3 rings (SSSR count). The van der Waals surface area contributed by atoms with Gasteiger partial charge in [-0.15, -0.1) is 0 Å². The second kappa shape index (κ2) is 14.2. The minimum absolute atomic E-state index is 0.0190. The maximum absolute atomic E-state index is 12.9. The van der Waals surface area contributed by atoms with Crippen LogP contribution in [0.2, 0.25) is 0 Å². The molecular weight excluding hydrogens is 552 g/mol. The van der Waals surface area contributed by atoms with Gasteiger partial charge >= 0.3 is 5.97 Å². The smallest absolute Gasteiger partial charge is 0.313 e. The van der Waals surface area contributed by atoms with Gasteiger partial charge in [-0.1, -0.05) is 30.3 Å². The average molecular weight is 601 g/mol. The summed E-state index contributed by atoms with van der Waals surface area (Å²) in [6.07, 6.45) is -4.70. The Kier molecular flexibility index (Phi) is 11.4. The molecule has 43 heavy (non-hydrogen) atoms. The summed E-state index contributed by atoms with van der Waals surface area (Å²) >= 11 is 0. The number of esters is 1. The lowest BCUT2D eigenvalue weighted by Gasteiger charge is -2.42. The molecule has 0 aliphatic heterocycles. The van der Waals surface area contributed by atoms with E-state index in [0.717, 1.165) is 16.7 Å². The molecule has 0 saturated heterocycles. The van der Waals surface area contributed by atoms with E-state index >= 15 is 0 Å². The van der Waals surface area contributed by atoms with Crippen molar-refractivity contribution >= 4 is 16.9 Å². The standard InChI is InChI=1S/C33H48N2O8/c1-31(2,34)20-33(5,32(3,4)35)30(40)41-15-9-12-24(36)25(37)18-26(38)27(39)19-42-23-14-13-22-16-28(43-29(22)17-23)21-10-7-6-8-11-21/h6-8,10-11,13-14,16-17,24-27,36-39H,9,12,15,18-20,34-35H2,1-5H3. The van der Waals surface area contributed by atoms with E-state index in [1.807, 2.05) is 56.3 Å². The minimum Gasteiger partial charge on any atom is -0.491 e. The van der Waals surface area contributed by atoms with Crippen LogP contribution >= 0.6 is 0 Å². The van der Waals surface area contributed by atoms with Crippen molar-refractivity contribution < 1.29 is 39.1 Å². The SMILES string of the molecule is CC(C)(N)CC(C)(C(=O)OCCCC(O)C(O)CC(O)C(O)COc1ccc2cc(-c3ccccc3)oc2c1)C(C)(C)N. The van der Waals surface area contributed by atoms with Gasteiger partial charge in [-0.3, -0.25) is 4.79 Å². The van der Waals surface area contributed by atoms with E-state index in [1.54, 1.807) is 32.9 Å². The Labute approximate surface area is 253 Å². The number of aliphatic hydroxyl groups is 4. The number of furan rings is 1. The molecule has 0 saturated carbocycles. The van der Waals surface area contributed by atoms with Gasteiger partial charge in [-0.05, 0) is 72.1 Å². The van der Waals surface area contributed by atoms with Crippen molar-refractivity contribution in [2.24, 2.45) is 16.9 Å². The minimum atomic E-state index is -1.34. The van der Waals surface area contributed by atoms with Crippen LogP contribution in [0.3, 0.4) is 0 Å². The molecule has 0 aliphatic carbocycles. The molecule has 5 unspecified atom stereocenters. The van der Waals surface area contributed by atoms with Crippen molar-refractivity contribution in [1.29, 1.82) is 0 Å². The fourth-order valence-corrected chi connectivity index (χ4v) is 4.98. The van der Waals surface area contributed by atoms with Crippen LogP contribution < -0.4 is 16.2 Å². The fraction of sp³-hybridized carbons (Fsp3) is 0.545. The molecule has 0 radical (unpaired) electrons. The second-order valence-electron chi connectivity index (χ2n) is 13.0. The predicted octanol–water partition coefficient (Wildman–Crippen LogP) is 3.51. The van der Waals surface area contributed by atoms with E-state index in [-0.39, 0.29) is 32.5 Å². The molecule has 0 fully saturated rings. The molecule has 8 N–H and O–H groups in total. The molecule has 0 bridgehead atoms. The monoisotopic (exact) mass is 600 g/mol. The number of fused-ring (bicyclic) bond motifs is 1. The molecule has 2 aromatic carbocycles. The van der Waals surface area contributed by atoms with Crippen LogP contribution in [0, 0.1) is 5.41 Å². The normalized spacial score (nSPS) is 16.7. The number of carbonyl (C=O) groups is 1. The van der Waals surface area contributed by atoms with E-state index in [1.165, 1.54) is 0 Å². The van der Waals surface area contributed by atoms with E-state index < -0.39 is 46.9 Å². The third-order valence-electron chi connectivity index (χ3n) is 7.90. The first-order valence-corrected chi connectivity index (χ1v) is 14.7. The molecule has 0 amide bonds.